The Morgan fingerprint density at radius 1 is 1.41 bits per heavy atom. The molecule has 4 rings (SSSR count). The van der Waals surface area contributed by atoms with E-state index < -0.39 is 5.97 Å². The van der Waals surface area contributed by atoms with Crippen LogP contribution in [0.5, 0.6) is 0 Å². The van der Waals surface area contributed by atoms with Crippen LogP contribution in [0.4, 0.5) is 0 Å². The highest BCUT2D eigenvalue weighted by atomic mass is 16.4. The van der Waals surface area contributed by atoms with Crippen molar-refractivity contribution in [1.29, 1.82) is 0 Å². The molecule has 7 heteroatoms. The number of nitrogens with one attached hydrogen (secondary N) is 2. The third kappa shape index (κ3) is 1.69. The van der Waals surface area contributed by atoms with Crippen LogP contribution in [0.2, 0.25) is 0 Å². The van der Waals surface area contributed by atoms with E-state index in [1.807, 2.05) is 24.3 Å². The minimum absolute atomic E-state index is 0.173. The molecule has 0 fully saturated rings. The number of benzene rings is 1. The molecule has 0 aliphatic heterocycles. The van der Waals surface area contributed by atoms with Crippen molar-refractivity contribution in [3.05, 3.63) is 58.3 Å². The number of fused-ring (bicyclic) bond motifs is 5. The number of nitrogens with zero attached hydrogens (tertiary/aromatic N) is 2. The molecule has 3 aromatic rings. The summed E-state index contributed by atoms with van der Waals surface area (Å²) in [6, 6.07) is 7.31. The molecule has 0 radical (unpaired) electrons. The van der Waals surface area contributed by atoms with Crippen LogP contribution < -0.4 is 10.9 Å². The van der Waals surface area contributed by atoms with E-state index in [1.54, 1.807) is 16.8 Å². The van der Waals surface area contributed by atoms with Gasteiger partial charge in [0.2, 0.25) is 5.65 Å². The number of hydrogen-bond acceptors (Lipinski definition) is 4. The molecule has 1 aromatic carbocycles. The zero-order valence-electron chi connectivity index (χ0n) is 11.4. The summed E-state index contributed by atoms with van der Waals surface area (Å²) < 4.78 is 1.72. The minimum atomic E-state index is -0.933. The van der Waals surface area contributed by atoms with Gasteiger partial charge in [-0.3, -0.25) is 19.3 Å². The lowest BCUT2D eigenvalue weighted by Gasteiger charge is -2.15. The summed E-state index contributed by atoms with van der Waals surface area (Å²) in [5.41, 5.74) is 3.37. The summed E-state index contributed by atoms with van der Waals surface area (Å²) in [6.45, 7) is -0.173. The molecular formula is C15H12N4O3. The van der Waals surface area contributed by atoms with Crippen LogP contribution in [0.15, 0.2) is 41.5 Å². The maximum absolute atomic E-state index is 12.1. The van der Waals surface area contributed by atoms with Crippen LogP contribution in [-0.2, 0) is 4.79 Å². The number of H-pyrrole nitrogens is 1. The molecular weight excluding hydrogens is 284 g/mol. The molecule has 7 nitrogen and oxygen atoms in total. The Labute approximate surface area is 124 Å². The Bertz CT molecular complexity index is 957. The Kier molecular flexibility index (Phi) is 2.64. The molecule has 22 heavy (non-hydrogen) atoms. The van der Waals surface area contributed by atoms with Gasteiger partial charge >= 0.3 is 5.97 Å². The van der Waals surface area contributed by atoms with Gasteiger partial charge in [0.1, 0.15) is 0 Å². The molecule has 0 saturated heterocycles. The van der Waals surface area contributed by atoms with Gasteiger partial charge in [0.05, 0.1) is 24.0 Å². The summed E-state index contributed by atoms with van der Waals surface area (Å²) in [4.78, 5) is 30.0. The maximum Gasteiger partial charge on any atom is 0.317 e. The van der Waals surface area contributed by atoms with Gasteiger partial charge in [-0.15, -0.1) is 0 Å². The molecule has 3 N–H and O–H groups in total. The van der Waals surface area contributed by atoms with Gasteiger partial charge < -0.3 is 10.1 Å². The van der Waals surface area contributed by atoms with Crippen molar-refractivity contribution < 1.29 is 9.90 Å². The summed E-state index contributed by atoms with van der Waals surface area (Å²) in [6.07, 6.45) is 3.27. The third-order valence-corrected chi connectivity index (χ3v) is 3.87. The maximum atomic E-state index is 12.1. The second-order valence-electron chi connectivity index (χ2n) is 5.13. The number of aromatic amines is 1. The van der Waals surface area contributed by atoms with Gasteiger partial charge in [-0.05, 0) is 5.56 Å². The van der Waals surface area contributed by atoms with Gasteiger partial charge in [0.25, 0.3) is 5.56 Å². The van der Waals surface area contributed by atoms with Crippen molar-refractivity contribution in [2.24, 2.45) is 0 Å². The van der Waals surface area contributed by atoms with Crippen LogP contribution in [0.25, 0.3) is 16.9 Å². The molecule has 0 saturated carbocycles. The van der Waals surface area contributed by atoms with Crippen molar-refractivity contribution in [3.63, 3.8) is 0 Å². The number of carboxylic acid groups (broad SMARTS) is 1. The predicted octanol–water partition coefficient (Wildman–Crippen LogP) is 0.767. The van der Waals surface area contributed by atoms with Crippen molar-refractivity contribution in [1.82, 2.24) is 19.7 Å². The second kappa shape index (κ2) is 4.54. The second-order valence-corrected chi connectivity index (χ2v) is 5.13. The van der Waals surface area contributed by atoms with E-state index in [-0.39, 0.29) is 18.1 Å². The van der Waals surface area contributed by atoms with Gasteiger partial charge in [-0.25, -0.2) is 4.98 Å². The smallest absolute Gasteiger partial charge is 0.317 e. The number of imidazole rings is 1. The summed E-state index contributed by atoms with van der Waals surface area (Å²) in [7, 11) is 0. The molecule has 1 atom stereocenters. The highest BCUT2D eigenvalue weighted by Crippen LogP contribution is 2.41. The van der Waals surface area contributed by atoms with E-state index in [0.717, 1.165) is 16.8 Å². The Morgan fingerprint density at radius 2 is 2.23 bits per heavy atom. The molecule has 0 bridgehead atoms. The molecule has 0 spiro atoms. The normalized spacial score (nSPS) is 15.7. The summed E-state index contributed by atoms with van der Waals surface area (Å²) >= 11 is 0. The molecule has 1 aliphatic rings. The van der Waals surface area contributed by atoms with E-state index in [4.69, 9.17) is 5.11 Å². The Morgan fingerprint density at radius 3 is 3.05 bits per heavy atom. The number of carbonyl (C=O) groups is 1. The number of aliphatic carboxylic acids is 1. The zero-order chi connectivity index (χ0) is 15.3. The van der Waals surface area contributed by atoms with E-state index in [1.165, 1.54) is 0 Å². The first-order valence-corrected chi connectivity index (χ1v) is 6.80. The quantitative estimate of drug-likeness (QED) is 0.663. The van der Waals surface area contributed by atoms with E-state index in [0.29, 0.717) is 11.3 Å². The Hall–Kier alpha value is -2.93. The summed E-state index contributed by atoms with van der Waals surface area (Å²) in [5.74, 6) is -0.933. The highest BCUT2D eigenvalue weighted by molar-refractivity contribution is 5.76. The first-order valence-electron chi connectivity index (χ1n) is 6.80. The first kappa shape index (κ1) is 12.8. The molecule has 2 heterocycles. The van der Waals surface area contributed by atoms with Crippen molar-refractivity contribution in [2.75, 3.05) is 6.54 Å². The number of rotatable bonds is 3. The van der Waals surface area contributed by atoms with Crippen LogP contribution in [0.3, 0.4) is 0 Å². The number of hydrogen-bond donors (Lipinski definition) is 3. The minimum Gasteiger partial charge on any atom is -0.480 e. The van der Waals surface area contributed by atoms with Gasteiger partial charge in [-0.1, -0.05) is 24.3 Å². The van der Waals surface area contributed by atoms with Gasteiger partial charge in [0, 0.05) is 18.0 Å². The van der Waals surface area contributed by atoms with Crippen molar-refractivity contribution in [2.45, 2.75) is 6.04 Å². The van der Waals surface area contributed by atoms with Crippen molar-refractivity contribution >= 4 is 11.6 Å². The fourth-order valence-corrected chi connectivity index (χ4v) is 3.03. The van der Waals surface area contributed by atoms with Gasteiger partial charge in [0.15, 0.2) is 0 Å². The lowest BCUT2D eigenvalue weighted by molar-refractivity contribution is -0.136. The topological polar surface area (TPSA) is 99.5 Å². The first-order chi connectivity index (χ1) is 10.7. The fourth-order valence-electron chi connectivity index (χ4n) is 3.03. The predicted molar refractivity (Wildman–Crippen MR) is 78.7 cm³/mol. The van der Waals surface area contributed by atoms with E-state index >= 15 is 0 Å². The van der Waals surface area contributed by atoms with Crippen LogP contribution >= 0.6 is 0 Å². The number of aromatic nitrogens is 3. The molecule has 1 aliphatic carbocycles. The molecule has 2 aromatic heterocycles. The highest BCUT2D eigenvalue weighted by Gasteiger charge is 2.32. The summed E-state index contributed by atoms with van der Waals surface area (Å²) in [5, 5.41) is 12.0. The van der Waals surface area contributed by atoms with Gasteiger partial charge in [-0.2, -0.15) is 0 Å². The fraction of sp³-hybridized carbons (Fsp3) is 0.133. The van der Waals surface area contributed by atoms with Crippen molar-refractivity contribution in [3.8, 4) is 11.3 Å². The SMILES string of the molecule is O=C(O)CNC1c2ccccc2-c2[nH]c(=O)c3nccn3c21. The molecule has 1 unspecified atom stereocenters. The van der Waals surface area contributed by atoms with Crippen LogP contribution in [-0.4, -0.2) is 32.0 Å². The Balaban J connectivity index is 2.00. The van der Waals surface area contributed by atoms with Crippen LogP contribution in [0, 0.1) is 0 Å². The van der Waals surface area contributed by atoms with E-state index in [9.17, 15) is 9.59 Å². The lowest BCUT2D eigenvalue weighted by atomic mass is 10.1. The van der Waals surface area contributed by atoms with Crippen LogP contribution in [0.1, 0.15) is 17.3 Å². The average Bonchev–Trinajstić information content (AvgIpc) is 3.09. The standard InChI is InChI=1S/C15H12N4O3/c20-10(21)7-17-11-8-3-1-2-4-9(8)12-13(11)19-6-5-16-14(19)15(22)18-12/h1-6,11,17H,7H2,(H,18,22)(H,20,21). The lowest BCUT2D eigenvalue weighted by Crippen LogP contribution is -2.28. The monoisotopic (exact) mass is 296 g/mol. The average molecular weight is 296 g/mol. The molecule has 0 amide bonds. The zero-order valence-corrected chi connectivity index (χ0v) is 11.4. The third-order valence-electron chi connectivity index (χ3n) is 3.87. The molecule has 110 valence electrons. The largest absolute Gasteiger partial charge is 0.480 e. The number of carboxylic acids is 1. The van der Waals surface area contributed by atoms with E-state index in [2.05, 4.69) is 15.3 Å².